The van der Waals surface area contributed by atoms with Crippen molar-refractivity contribution in [3.8, 4) is 33.4 Å². The van der Waals surface area contributed by atoms with Crippen molar-refractivity contribution in [2.24, 2.45) is 0 Å². The minimum Gasteiger partial charge on any atom is -0.184 e. The Labute approximate surface area is 444 Å². The van der Waals surface area contributed by atoms with Crippen molar-refractivity contribution in [2.45, 2.75) is 104 Å². The number of halogens is 14. The van der Waals surface area contributed by atoms with Crippen LogP contribution in [0.1, 0.15) is 111 Å². The van der Waals surface area contributed by atoms with Crippen LogP contribution in [-0.2, 0) is 58.4 Å². The second-order valence-corrected chi connectivity index (χ2v) is 22.9. The van der Waals surface area contributed by atoms with E-state index in [1.807, 2.05) is 84.0 Å². The van der Waals surface area contributed by atoms with Gasteiger partial charge in [0.15, 0.2) is 0 Å². The first-order chi connectivity index (χ1) is 34.8. The van der Waals surface area contributed by atoms with Crippen molar-refractivity contribution in [1.29, 1.82) is 0 Å². The smallest absolute Gasteiger partial charge is 0.0920 e. The average Bonchev–Trinajstić information content (AvgIpc) is 4.10. The molecular formula is C58H49Cl2F12SiZr-3. The maximum absolute atomic E-state index is 13.3. The monoisotopic (exact) mass is 1160 g/mol. The molecule has 2 atom stereocenters. The second kappa shape index (κ2) is 24.2. The van der Waals surface area contributed by atoms with Crippen LogP contribution >= 0.6 is 17.0 Å². The van der Waals surface area contributed by atoms with Crippen LogP contribution in [0.3, 0.4) is 0 Å². The first-order valence-electron chi connectivity index (χ1n) is 23.6. The zero-order valence-electron chi connectivity index (χ0n) is 40.9. The number of benzene rings is 6. The van der Waals surface area contributed by atoms with Gasteiger partial charge in [-0.1, -0.05) is 112 Å². The van der Waals surface area contributed by atoms with E-state index >= 15 is 0 Å². The molecule has 2 unspecified atom stereocenters. The molecule has 1 heterocycles. The fourth-order valence-corrected chi connectivity index (χ4v) is 10.2. The summed E-state index contributed by atoms with van der Waals surface area (Å²) in [4.78, 5) is 0. The molecule has 0 aromatic heterocycles. The molecule has 74 heavy (non-hydrogen) atoms. The molecule has 0 bridgehead atoms. The Bertz CT molecular complexity index is 2920. The molecule has 0 nitrogen and oxygen atoms in total. The van der Waals surface area contributed by atoms with E-state index in [-0.39, 0.29) is 35.1 Å². The van der Waals surface area contributed by atoms with Crippen LogP contribution in [0, 0.1) is 6.07 Å². The molecule has 0 N–H and O–H groups in total. The molecular weight excluding hydrogens is 1110 g/mol. The van der Waals surface area contributed by atoms with E-state index < -0.39 is 67.8 Å². The van der Waals surface area contributed by atoms with Crippen molar-refractivity contribution in [1.82, 2.24) is 0 Å². The number of hydrogen-bond acceptors (Lipinski definition) is 0. The van der Waals surface area contributed by atoms with Gasteiger partial charge in [-0.15, -0.1) is 74.6 Å². The van der Waals surface area contributed by atoms with Gasteiger partial charge in [-0.2, -0.15) is 94.3 Å². The van der Waals surface area contributed by atoms with E-state index in [1.54, 1.807) is 12.1 Å². The van der Waals surface area contributed by atoms with E-state index in [4.69, 9.17) is 17.0 Å². The maximum Gasteiger partial charge on any atom is 0.0920 e. The molecule has 0 saturated carbocycles. The molecule has 0 fully saturated rings. The van der Waals surface area contributed by atoms with Crippen molar-refractivity contribution < 1.29 is 73.5 Å². The Kier molecular flexibility index (Phi) is 19.1. The third kappa shape index (κ3) is 13.7. The summed E-state index contributed by atoms with van der Waals surface area (Å²) in [5.41, 5.74) is 1.83. The molecule has 390 valence electrons. The third-order valence-corrected chi connectivity index (χ3v) is 14.6. The van der Waals surface area contributed by atoms with E-state index in [2.05, 4.69) is 42.5 Å². The summed E-state index contributed by atoms with van der Waals surface area (Å²) in [7, 11) is 10.7. The van der Waals surface area contributed by atoms with Gasteiger partial charge in [-0.25, -0.2) is 0 Å². The third-order valence-electron chi connectivity index (χ3n) is 13.2. The predicted molar refractivity (Wildman–Crippen MR) is 274 cm³/mol. The van der Waals surface area contributed by atoms with Crippen molar-refractivity contribution in [3.05, 3.63) is 178 Å². The Morgan fingerprint density at radius 2 is 0.892 bits per heavy atom. The molecule has 8 aromatic rings. The normalized spacial score (nSPS) is 13.2. The fourth-order valence-electron chi connectivity index (χ4n) is 8.94. The number of aryl methyl sites for hydroxylation is 2. The van der Waals surface area contributed by atoms with Crippen LogP contribution in [0.5, 0.6) is 0 Å². The summed E-state index contributed by atoms with van der Waals surface area (Å²) in [5, 5.41) is 5.83. The Morgan fingerprint density at radius 1 is 0.514 bits per heavy atom. The number of rotatable bonds is 8. The standard InChI is InChI=1S/2C23H21F6.C12H7Si.2ClH.Zr/c2*1-4-13(3)16-8-15-7-6-14(5-2)21(20(15)11-16)17-9-18(22(24,25)26)12-19(10-17)23(27,28)29;1-3-7-11-9(5-1)10-6-2-4-8-12(10)13-11;;;/h2*6-13H,4-5H2,1-3H3;1-7H;2*1H;/q3*-1;;;+2/p-2. The van der Waals surface area contributed by atoms with E-state index in [1.165, 1.54) is 21.5 Å². The molecule has 1 aliphatic rings. The molecule has 0 spiro atoms. The Balaban J connectivity index is 0.000000186. The van der Waals surface area contributed by atoms with Crippen LogP contribution in [0.4, 0.5) is 52.7 Å². The molecule has 0 saturated heterocycles. The SMILES string of the molecule is CCc1ccc2[cH-]c(C(C)CC)cc2c1-c1cc(C(F)(F)F)cc(C(F)(F)F)c1.CCc1ccc2[cH-]c(C(C)CC)cc2c1-c1cc(C(F)(F)F)cc(C(F)(F)F)c1.[Cl][Zr][Cl].[c-]1cccc2c1[Si]c1ccccc1-2. The quantitative estimate of drug-likeness (QED) is 0.0808. The fraction of sp³-hybridized carbons (Fsp3) is 0.276. The van der Waals surface area contributed by atoms with E-state index in [0.29, 0.717) is 45.9 Å². The van der Waals surface area contributed by atoms with Crippen LogP contribution in [0.2, 0.25) is 0 Å². The summed E-state index contributed by atoms with van der Waals surface area (Å²) in [5.74, 6) is 0.486. The minimum absolute atomic E-state index is 0.0594. The summed E-state index contributed by atoms with van der Waals surface area (Å²) in [6, 6.07) is 36.8. The van der Waals surface area contributed by atoms with Gasteiger partial charge >= 0.3 is 62.6 Å². The summed E-state index contributed by atoms with van der Waals surface area (Å²) >= 11 is -0.826. The topological polar surface area (TPSA) is 0 Å². The van der Waals surface area contributed by atoms with Gasteiger partial charge in [-0.05, 0) is 72.2 Å². The molecule has 1 aliphatic heterocycles. The Morgan fingerprint density at radius 3 is 1.26 bits per heavy atom. The number of hydrogen-bond donors (Lipinski definition) is 0. The molecule has 8 aromatic carbocycles. The molecule has 0 aliphatic carbocycles. The van der Waals surface area contributed by atoms with Gasteiger partial charge in [0, 0.05) is 0 Å². The summed E-state index contributed by atoms with van der Waals surface area (Å²) in [6.07, 6.45) is -16.7. The van der Waals surface area contributed by atoms with Crippen molar-refractivity contribution in [2.75, 3.05) is 0 Å². The van der Waals surface area contributed by atoms with E-state index in [9.17, 15) is 52.7 Å². The van der Waals surface area contributed by atoms with Crippen LogP contribution in [0.25, 0.3) is 54.9 Å². The zero-order valence-corrected chi connectivity index (χ0v) is 45.9. The van der Waals surface area contributed by atoms with Crippen LogP contribution in [0.15, 0.2) is 127 Å². The zero-order chi connectivity index (χ0) is 54.5. The summed E-state index contributed by atoms with van der Waals surface area (Å²) in [6.45, 7) is 11.8. The van der Waals surface area contributed by atoms with Gasteiger partial charge in [0.2, 0.25) is 0 Å². The molecule has 9 rings (SSSR count). The van der Waals surface area contributed by atoms with Crippen molar-refractivity contribution >= 4 is 58.5 Å². The van der Waals surface area contributed by atoms with E-state index in [0.717, 1.165) is 68.5 Å². The molecule has 0 amide bonds. The van der Waals surface area contributed by atoms with Crippen molar-refractivity contribution in [3.63, 3.8) is 0 Å². The minimum atomic E-state index is -4.87. The second-order valence-electron chi connectivity index (χ2n) is 17.9. The largest absolute Gasteiger partial charge is 0.184 e. The maximum atomic E-state index is 13.3. The first kappa shape index (κ1) is 58.6. The molecule has 16 heteroatoms. The van der Waals surface area contributed by atoms with Gasteiger partial charge in [0.1, 0.15) is 0 Å². The Hall–Kier alpha value is -4.62. The van der Waals surface area contributed by atoms with Gasteiger partial charge in [0.25, 0.3) is 0 Å². The molecule has 2 radical (unpaired) electrons. The van der Waals surface area contributed by atoms with Gasteiger partial charge in [0.05, 0.1) is 31.8 Å². The predicted octanol–water partition coefficient (Wildman–Crippen LogP) is 19.2. The summed E-state index contributed by atoms with van der Waals surface area (Å²) < 4.78 is 160. The number of alkyl halides is 12. The van der Waals surface area contributed by atoms with Crippen LogP contribution < -0.4 is 10.4 Å². The van der Waals surface area contributed by atoms with Gasteiger partial charge in [-0.3, -0.25) is 0 Å². The first-order valence-corrected chi connectivity index (χ1v) is 31.0. The number of fused-ring (bicyclic) bond motifs is 5. The van der Waals surface area contributed by atoms with Crippen LogP contribution in [-0.4, -0.2) is 9.52 Å². The average molecular weight is 1160 g/mol. The van der Waals surface area contributed by atoms with Gasteiger partial charge < -0.3 is 0 Å².